The standard InChI is InChI=1S/C26H34N5O5PS/c1-5-35-37(33,36-6-2)13-7-10-30-17-19(16-27-30)18-8-9-22-21(14-18)31(11-12-34-22)25-28-20-15-26(3,4)29-24(32)23(20)38-25/h8-9,14,16-17H,5-7,10-13,15H2,1-4H3,(H,29,32). The van der Waals surface area contributed by atoms with Crippen molar-refractivity contribution in [2.75, 3.05) is 37.4 Å². The van der Waals surface area contributed by atoms with Crippen LogP contribution in [0.3, 0.4) is 0 Å². The predicted molar refractivity (Wildman–Crippen MR) is 148 cm³/mol. The summed E-state index contributed by atoms with van der Waals surface area (Å²) in [4.78, 5) is 20.3. The number of thiazole rings is 1. The highest BCUT2D eigenvalue weighted by molar-refractivity contribution is 7.53. The van der Waals surface area contributed by atoms with Crippen molar-refractivity contribution in [3.05, 3.63) is 41.2 Å². The van der Waals surface area contributed by atoms with E-state index in [-0.39, 0.29) is 11.4 Å². The van der Waals surface area contributed by atoms with E-state index in [9.17, 15) is 9.36 Å². The SMILES string of the molecule is CCOP(=O)(CCCn1cc(-c2ccc3c(c2)N(c2nc4c(s2)C(=O)NC(C)(C)C4)CCO3)cn1)OCC. The first-order chi connectivity index (χ1) is 18.2. The lowest BCUT2D eigenvalue weighted by molar-refractivity contribution is 0.0900. The number of fused-ring (bicyclic) bond motifs is 2. The molecule has 0 unspecified atom stereocenters. The molecule has 12 heteroatoms. The molecule has 2 aliphatic rings. The maximum Gasteiger partial charge on any atom is 0.330 e. The Kier molecular flexibility index (Phi) is 7.64. The van der Waals surface area contributed by atoms with E-state index in [0.717, 1.165) is 33.4 Å². The summed E-state index contributed by atoms with van der Waals surface area (Å²) in [6.07, 6.45) is 5.49. The van der Waals surface area contributed by atoms with Crippen LogP contribution in [0.25, 0.3) is 11.1 Å². The zero-order valence-corrected chi connectivity index (χ0v) is 23.9. The topological polar surface area (TPSA) is 108 Å². The Hall–Kier alpha value is -2.72. The minimum Gasteiger partial charge on any atom is -0.490 e. The molecule has 3 aromatic rings. The molecule has 38 heavy (non-hydrogen) atoms. The van der Waals surface area contributed by atoms with Crippen LogP contribution in [-0.2, 0) is 26.6 Å². The van der Waals surface area contributed by atoms with Crippen molar-refractivity contribution >= 4 is 35.7 Å². The molecule has 2 aliphatic heterocycles. The monoisotopic (exact) mass is 559 g/mol. The number of carbonyl (C=O) groups is 1. The summed E-state index contributed by atoms with van der Waals surface area (Å²) in [5.74, 6) is 0.724. The molecular weight excluding hydrogens is 525 g/mol. The zero-order valence-electron chi connectivity index (χ0n) is 22.2. The molecule has 5 rings (SSSR count). The summed E-state index contributed by atoms with van der Waals surface area (Å²) in [7, 11) is -3.06. The van der Waals surface area contributed by atoms with Crippen molar-refractivity contribution in [2.24, 2.45) is 0 Å². The average molecular weight is 560 g/mol. The van der Waals surface area contributed by atoms with Gasteiger partial charge in [-0.15, -0.1) is 0 Å². The molecule has 1 amide bonds. The van der Waals surface area contributed by atoms with Crippen LogP contribution in [-0.4, -0.2) is 58.7 Å². The maximum absolute atomic E-state index is 12.7. The third-order valence-electron chi connectivity index (χ3n) is 6.44. The number of nitrogens with one attached hydrogen (secondary N) is 1. The van der Waals surface area contributed by atoms with E-state index in [4.69, 9.17) is 18.8 Å². The molecule has 0 saturated heterocycles. The number of rotatable bonds is 10. The lowest BCUT2D eigenvalue weighted by Crippen LogP contribution is -2.48. The smallest absolute Gasteiger partial charge is 0.330 e. The van der Waals surface area contributed by atoms with Gasteiger partial charge >= 0.3 is 7.60 Å². The number of amides is 1. The molecule has 10 nitrogen and oxygen atoms in total. The Balaban J connectivity index is 1.33. The van der Waals surface area contributed by atoms with Crippen molar-refractivity contribution in [1.82, 2.24) is 20.1 Å². The zero-order chi connectivity index (χ0) is 26.9. The van der Waals surface area contributed by atoms with E-state index in [1.807, 2.05) is 56.9 Å². The van der Waals surface area contributed by atoms with Crippen molar-refractivity contribution in [1.29, 1.82) is 0 Å². The van der Waals surface area contributed by atoms with Gasteiger partial charge in [-0.25, -0.2) is 4.98 Å². The molecule has 1 aromatic carbocycles. The molecule has 0 saturated carbocycles. The number of anilines is 2. The van der Waals surface area contributed by atoms with Gasteiger partial charge in [0.1, 0.15) is 17.2 Å². The van der Waals surface area contributed by atoms with E-state index in [1.54, 1.807) is 0 Å². The molecule has 4 heterocycles. The van der Waals surface area contributed by atoms with E-state index in [2.05, 4.69) is 21.4 Å². The third kappa shape index (κ3) is 5.66. The fourth-order valence-electron chi connectivity index (χ4n) is 4.80. The van der Waals surface area contributed by atoms with E-state index < -0.39 is 7.60 Å². The van der Waals surface area contributed by atoms with E-state index in [1.165, 1.54) is 11.3 Å². The normalized spacial score (nSPS) is 16.5. The van der Waals surface area contributed by atoms with Gasteiger partial charge in [-0.3, -0.25) is 14.0 Å². The third-order valence-corrected chi connectivity index (χ3v) is 9.73. The number of aryl methyl sites for hydroxylation is 1. The van der Waals surface area contributed by atoms with Crippen LogP contribution < -0.4 is 15.0 Å². The minimum atomic E-state index is -3.06. The Bertz CT molecular complexity index is 1360. The summed E-state index contributed by atoms with van der Waals surface area (Å²) < 4.78 is 31.3. The molecule has 0 bridgehead atoms. The van der Waals surface area contributed by atoms with Gasteiger partial charge in [-0.2, -0.15) is 5.10 Å². The fraction of sp³-hybridized carbons (Fsp3) is 0.500. The highest BCUT2D eigenvalue weighted by Crippen LogP contribution is 2.48. The van der Waals surface area contributed by atoms with E-state index in [0.29, 0.717) is 56.8 Å². The Morgan fingerprint density at radius 2 is 2.00 bits per heavy atom. The van der Waals surface area contributed by atoms with Crippen molar-refractivity contribution in [3.8, 4) is 16.9 Å². The number of carbonyl (C=O) groups excluding carboxylic acids is 1. The second-order valence-corrected chi connectivity index (χ2v) is 13.1. The average Bonchev–Trinajstić information content (AvgIpc) is 3.50. The lowest BCUT2D eigenvalue weighted by Gasteiger charge is -2.29. The van der Waals surface area contributed by atoms with Crippen molar-refractivity contribution in [3.63, 3.8) is 0 Å². The van der Waals surface area contributed by atoms with Gasteiger partial charge < -0.3 is 24.0 Å². The first-order valence-corrected chi connectivity index (χ1v) is 15.5. The molecule has 1 N–H and O–H groups in total. The number of aromatic nitrogens is 3. The summed E-state index contributed by atoms with van der Waals surface area (Å²) in [6.45, 7) is 10.2. The van der Waals surface area contributed by atoms with Crippen LogP contribution in [0.5, 0.6) is 5.75 Å². The van der Waals surface area contributed by atoms with Gasteiger partial charge in [-0.05, 0) is 51.8 Å². The summed E-state index contributed by atoms with van der Waals surface area (Å²) in [6, 6.07) is 6.07. The quantitative estimate of drug-likeness (QED) is 0.335. The molecule has 0 radical (unpaired) electrons. The largest absolute Gasteiger partial charge is 0.490 e. The van der Waals surface area contributed by atoms with Gasteiger partial charge in [0.15, 0.2) is 5.13 Å². The summed E-state index contributed by atoms with van der Waals surface area (Å²) >= 11 is 1.43. The predicted octanol–water partition coefficient (Wildman–Crippen LogP) is 5.26. The second-order valence-electron chi connectivity index (χ2n) is 9.99. The Labute approximate surface area is 226 Å². The first-order valence-electron chi connectivity index (χ1n) is 13.0. The molecule has 0 aliphatic carbocycles. The van der Waals surface area contributed by atoms with Crippen molar-refractivity contribution < 1.29 is 23.1 Å². The molecule has 204 valence electrons. The van der Waals surface area contributed by atoms with E-state index >= 15 is 0 Å². The van der Waals surface area contributed by atoms with Crippen LogP contribution in [0.4, 0.5) is 10.8 Å². The highest BCUT2D eigenvalue weighted by Gasteiger charge is 2.35. The Morgan fingerprint density at radius 3 is 2.76 bits per heavy atom. The van der Waals surface area contributed by atoms with Crippen LogP contribution in [0, 0.1) is 0 Å². The van der Waals surface area contributed by atoms with Crippen LogP contribution in [0.15, 0.2) is 30.6 Å². The number of hydrogen-bond acceptors (Lipinski definition) is 9. The minimum absolute atomic E-state index is 0.0616. The van der Waals surface area contributed by atoms with Gasteiger partial charge in [0, 0.05) is 30.3 Å². The first kappa shape index (κ1) is 26.9. The maximum atomic E-state index is 12.7. The van der Waals surface area contributed by atoms with Gasteiger partial charge in [-0.1, -0.05) is 17.4 Å². The number of ether oxygens (including phenoxy) is 1. The second kappa shape index (κ2) is 10.8. The summed E-state index contributed by atoms with van der Waals surface area (Å²) in [5, 5.41) is 8.37. The summed E-state index contributed by atoms with van der Waals surface area (Å²) in [5.41, 5.74) is 3.43. The molecule has 0 spiro atoms. The number of nitrogens with zero attached hydrogens (tertiary/aromatic N) is 4. The van der Waals surface area contributed by atoms with Crippen LogP contribution >= 0.6 is 18.9 Å². The van der Waals surface area contributed by atoms with Gasteiger partial charge in [0.05, 0.1) is 43.5 Å². The molecule has 2 aromatic heterocycles. The van der Waals surface area contributed by atoms with Gasteiger partial charge in [0.25, 0.3) is 5.91 Å². The van der Waals surface area contributed by atoms with Gasteiger partial charge in [0.2, 0.25) is 0 Å². The van der Waals surface area contributed by atoms with Crippen LogP contribution in [0.2, 0.25) is 0 Å². The number of hydrogen-bond donors (Lipinski definition) is 1. The molecule has 0 atom stereocenters. The van der Waals surface area contributed by atoms with Crippen molar-refractivity contribution in [2.45, 2.75) is 52.6 Å². The fourth-order valence-corrected chi connectivity index (χ4v) is 7.46. The van der Waals surface area contributed by atoms with Crippen LogP contribution in [0.1, 0.15) is 49.5 Å². The molecular formula is C26H34N5O5PS. The number of benzene rings is 1. The highest BCUT2D eigenvalue weighted by atomic mass is 32.1. The Morgan fingerprint density at radius 1 is 1.21 bits per heavy atom. The molecule has 0 fully saturated rings. The lowest BCUT2D eigenvalue weighted by atomic mass is 9.94.